The number of likely N-dealkylation sites (tertiary alicyclic amines) is 1. The van der Waals surface area contributed by atoms with Gasteiger partial charge in [-0.15, -0.1) is 3.89 Å². The van der Waals surface area contributed by atoms with Crippen LogP contribution >= 0.6 is 12.6 Å². The van der Waals surface area contributed by atoms with Gasteiger partial charge in [0.15, 0.2) is 0 Å². The Kier molecular flexibility index (Phi) is 3.18. The second-order valence-corrected chi connectivity index (χ2v) is 4.93. The number of amides is 1. The Labute approximate surface area is 81.7 Å². The Hall–Kier alpha value is -0.300. The molecule has 0 aliphatic carbocycles. The minimum atomic E-state index is -4.57. The first-order chi connectivity index (χ1) is 5.95. The van der Waals surface area contributed by atoms with E-state index in [4.69, 9.17) is 0 Å². The summed E-state index contributed by atoms with van der Waals surface area (Å²) < 4.78 is 33.4. The second kappa shape index (κ2) is 3.83. The molecule has 0 aromatic carbocycles. The average Bonchev–Trinajstić information content (AvgIpc) is 2.32. The molecule has 7 heteroatoms. The molecule has 0 bridgehead atoms. The maximum atomic E-state index is 12.5. The van der Waals surface area contributed by atoms with Crippen molar-refractivity contribution in [2.75, 3.05) is 18.8 Å². The summed E-state index contributed by atoms with van der Waals surface area (Å²) in [5, 5.41) is -1.18. The highest BCUT2D eigenvalue weighted by molar-refractivity contribution is 7.87. The van der Waals surface area contributed by atoms with Gasteiger partial charge in [0.05, 0.1) is 0 Å². The summed E-state index contributed by atoms with van der Waals surface area (Å²) in [5.74, 6) is 0.130. The van der Waals surface area contributed by atoms with Crippen LogP contribution in [-0.2, 0) is 15.0 Å². The third-order valence-corrected chi connectivity index (χ3v) is 3.26. The van der Waals surface area contributed by atoms with E-state index >= 15 is 0 Å². The lowest BCUT2D eigenvalue weighted by atomic mass is 10.4. The normalized spacial score (nSPS) is 24.0. The molecule has 1 rings (SSSR count). The molecule has 0 saturated carbocycles. The zero-order valence-electron chi connectivity index (χ0n) is 6.81. The molecular formula is C6H10FNO3S2. The van der Waals surface area contributed by atoms with Crippen molar-refractivity contribution in [1.29, 1.82) is 0 Å². The molecule has 1 fully saturated rings. The summed E-state index contributed by atoms with van der Waals surface area (Å²) >= 11 is 3.90. The van der Waals surface area contributed by atoms with E-state index in [0.29, 0.717) is 12.3 Å². The van der Waals surface area contributed by atoms with Crippen molar-refractivity contribution >= 4 is 28.8 Å². The molecule has 0 N–H and O–H groups in total. The molecule has 0 aromatic rings. The van der Waals surface area contributed by atoms with Crippen LogP contribution in [0.25, 0.3) is 0 Å². The molecule has 0 radical (unpaired) electrons. The van der Waals surface area contributed by atoms with Gasteiger partial charge in [0.1, 0.15) is 5.25 Å². The number of hydrogen-bond acceptors (Lipinski definition) is 4. The molecule has 0 aromatic heterocycles. The van der Waals surface area contributed by atoms with Gasteiger partial charge in [0.2, 0.25) is 5.91 Å². The minimum Gasteiger partial charge on any atom is -0.340 e. The van der Waals surface area contributed by atoms with E-state index in [1.165, 1.54) is 4.90 Å². The van der Waals surface area contributed by atoms with E-state index in [9.17, 15) is 17.1 Å². The zero-order chi connectivity index (χ0) is 10.1. The number of hydrogen-bond donors (Lipinski definition) is 1. The first-order valence-electron chi connectivity index (χ1n) is 3.77. The molecule has 1 amide bonds. The lowest BCUT2D eigenvalue weighted by molar-refractivity contribution is -0.127. The third-order valence-electron chi connectivity index (χ3n) is 1.95. The molecule has 1 atom stereocenters. The highest BCUT2D eigenvalue weighted by atomic mass is 32.3. The molecule has 1 aliphatic rings. The fourth-order valence-electron chi connectivity index (χ4n) is 1.26. The van der Waals surface area contributed by atoms with Gasteiger partial charge in [-0.25, -0.2) is 0 Å². The Morgan fingerprint density at radius 2 is 2.23 bits per heavy atom. The van der Waals surface area contributed by atoms with E-state index in [1.54, 1.807) is 0 Å². The van der Waals surface area contributed by atoms with Gasteiger partial charge in [-0.2, -0.15) is 21.0 Å². The van der Waals surface area contributed by atoms with Crippen LogP contribution in [0.3, 0.4) is 0 Å². The number of nitrogens with zero attached hydrogens (tertiary/aromatic N) is 1. The summed E-state index contributed by atoms with van der Waals surface area (Å²) in [4.78, 5) is 12.4. The quantitative estimate of drug-likeness (QED) is 0.537. The maximum Gasteiger partial charge on any atom is 0.307 e. The summed E-state index contributed by atoms with van der Waals surface area (Å²) in [5.41, 5.74) is 0. The molecular weight excluding hydrogens is 217 g/mol. The van der Waals surface area contributed by atoms with Crippen LogP contribution in [0.1, 0.15) is 6.42 Å². The van der Waals surface area contributed by atoms with Crippen LogP contribution < -0.4 is 0 Å². The van der Waals surface area contributed by atoms with Gasteiger partial charge in [-0.05, 0) is 0 Å². The Bertz CT molecular complexity index is 303. The van der Waals surface area contributed by atoms with Crippen LogP contribution in [0.5, 0.6) is 0 Å². The van der Waals surface area contributed by atoms with Gasteiger partial charge < -0.3 is 4.90 Å². The monoisotopic (exact) mass is 227 g/mol. The Morgan fingerprint density at radius 3 is 2.62 bits per heavy atom. The van der Waals surface area contributed by atoms with Crippen LogP contribution in [0.15, 0.2) is 0 Å². The number of rotatable bonds is 3. The molecule has 1 unspecified atom stereocenters. The van der Waals surface area contributed by atoms with Crippen molar-refractivity contribution in [3.8, 4) is 0 Å². The largest absolute Gasteiger partial charge is 0.340 e. The molecule has 1 saturated heterocycles. The summed E-state index contributed by atoms with van der Waals surface area (Å²) in [7, 11) is -4.57. The summed E-state index contributed by atoms with van der Waals surface area (Å²) in [6.45, 7) is 0.326. The van der Waals surface area contributed by atoms with Crippen LogP contribution in [0.2, 0.25) is 0 Å². The molecule has 4 nitrogen and oxygen atoms in total. The van der Waals surface area contributed by atoms with E-state index in [2.05, 4.69) is 12.6 Å². The lowest BCUT2D eigenvalue weighted by Crippen LogP contribution is -2.29. The molecule has 1 heterocycles. The first kappa shape index (κ1) is 10.8. The van der Waals surface area contributed by atoms with Gasteiger partial charge in [-0.1, -0.05) is 0 Å². The zero-order valence-corrected chi connectivity index (χ0v) is 8.52. The predicted molar refractivity (Wildman–Crippen MR) is 48.9 cm³/mol. The van der Waals surface area contributed by atoms with E-state index in [0.717, 1.165) is 0 Å². The minimum absolute atomic E-state index is 0.0434. The van der Waals surface area contributed by atoms with Crippen molar-refractivity contribution in [2.45, 2.75) is 11.7 Å². The van der Waals surface area contributed by atoms with E-state index in [1.807, 2.05) is 0 Å². The highest BCUT2D eigenvalue weighted by Crippen LogP contribution is 2.19. The lowest BCUT2D eigenvalue weighted by Gasteiger charge is -2.13. The first-order valence-corrected chi connectivity index (χ1v) is 5.85. The van der Waals surface area contributed by atoms with Gasteiger partial charge in [0, 0.05) is 25.3 Å². The summed E-state index contributed by atoms with van der Waals surface area (Å²) in [6.07, 6.45) is -0.243. The number of thiol groups is 1. The molecule has 13 heavy (non-hydrogen) atoms. The van der Waals surface area contributed by atoms with Crippen molar-refractivity contribution in [3.63, 3.8) is 0 Å². The molecule has 0 spiro atoms. The van der Waals surface area contributed by atoms with E-state index < -0.39 is 15.5 Å². The van der Waals surface area contributed by atoms with Crippen LogP contribution in [0.4, 0.5) is 3.89 Å². The van der Waals surface area contributed by atoms with Crippen LogP contribution in [0, 0.1) is 0 Å². The molecule has 1 aliphatic heterocycles. The van der Waals surface area contributed by atoms with Gasteiger partial charge >= 0.3 is 10.2 Å². The predicted octanol–water partition coefficient (Wildman–Crippen LogP) is -0.184. The average molecular weight is 227 g/mol. The standard InChI is InChI=1S/C6H10FNO3S2/c7-13(10,11)5-3-6(9)8(4-5)1-2-12/h5,12H,1-4H2. The highest BCUT2D eigenvalue weighted by Gasteiger charge is 2.37. The Balaban J connectivity index is 2.66. The fraction of sp³-hybridized carbons (Fsp3) is 0.833. The SMILES string of the molecule is O=C1CC(S(=O)(=O)F)CN1CCS. The van der Waals surface area contributed by atoms with Gasteiger partial charge in [-0.3, -0.25) is 4.79 Å². The maximum absolute atomic E-state index is 12.5. The van der Waals surface area contributed by atoms with Crippen molar-refractivity contribution in [2.24, 2.45) is 0 Å². The topological polar surface area (TPSA) is 54.5 Å². The third kappa shape index (κ3) is 2.57. The molecule has 76 valence electrons. The van der Waals surface area contributed by atoms with E-state index in [-0.39, 0.29) is 18.9 Å². The smallest absolute Gasteiger partial charge is 0.307 e. The van der Waals surface area contributed by atoms with Crippen molar-refractivity contribution < 1.29 is 17.1 Å². The van der Waals surface area contributed by atoms with Crippen LogP contribution in [-0.4, -0.2) is 43.3 Å². The van der Waals surface area contributed by atoms with Crippen molar-refractivity contribution in [3.05, 3.63) is 0 Å². The fourth-order valence-corrected chi connectivity index (χ4v) is 2.20. The number of carbonyl (C=O) groups excluding carboxylic acids is 1. The number of carbonyl (C=O) groups is 1. The number of halogens is 1. The summed E-state index contributed by atoms with van der Waals surface area (Å²) in [6, 6.07) is 0. The second-order valence-electron chi connectivity index (χ2n) is 2.87. The van der Waals surface area contributed by atoms with Gasteiger partial charge in [0.25, 0.3) is 0 Å². The Morgan fingerprint density at radius 1 is 1.62 bits per heavy atom. The van der Waals surface area contributed by atoms with Crippen molar-refractivity contribution in [1.82, 2.24) is 4.90 Å².